The molecule has 1 aromatic carbocycles. The average Bonchev–Trinajstić information content (AvgIpc) is 2.43. The Kier molecular flexibility index (Phi) is 3.84. The molecule has 18 heavy (non-hydrogen) atoms. The minimum absolute atomic E-state index is 0.0467. The molecule has 5 nitrogen and oxygen atoms in total. The predicted molar refractivity (Wildman–Crippen MR) is 70.2 cm³/mol. The lowest BCUT2D eigenvalue weighted by Gasteiger charge is -2.17. The van der Waals surface area contributed by atoms with Crippen molar-refractivity contribution in [2.75, 3.05) is 20.1 Å². The molecular weight excluding hydrogens is 228 g/mol. The first-order valence-corrected chi connectivity index (χ1v) is 5.89. The molecule has 2 aromatic rings. The summed E-state index contributed by atoms with van der Waals surface area (Å²) in [6.45, 7) is 1.22. The van der Waals surface area contributed by atoms with Crippen molar-refractivity contribution in [1.29, 1.82) is 0 Å². The maximum atomic E-state index is 12.3. The van der Waals surface area contributed by atoms with Gasteiger partial charge in [-0.1, -0.05) is 6.07 Å². The highest BCUT2D eigenvalue weighted by Gasteiger charge is 2.15. The fourth-order valence-electron chi connectivity index (χ4n) is 1.80. The molecule has 0 unspecified atom stereocenters. The summed E-state index contributed by atoms with van der Waals surface area (Å²) in [6, 6.07) is 5.44. The van der Waals surface area contributed by atoms with Crippen LogP contribution in [0, 0.1) is 0 Å². The third kappa shape index (κ3) is 2.46. The van der Waals surface area contributed by atoms with Gasteiger partial charge in [-0.25, -0.2) is 0 Å². The summed E-state index contributed by atoms with van der Waals surface area (Å²) < 4.78 is 0. The van der Waals surface area contributed by atoms with E-state index in [-0.39, 0.29) is 5.91 Å². The molecule has 0 aliphatic rings. The number of para-hydroxylation sites is 1. The average molecular weight is 244 g/mol. The highest BCUT2D eigenvalue weighted by Crippen LogP contribution is 2.15. The van der Waals surface area contributed by atoms with Gasteiger partial charge in [0.05, 0.1) is 11.1 Å². The number of fused-ring (bicyclic) bond motifs is 1. The molecule has 0 spiro atoms. The monoisotopic (exact) mass is 244 g/mol. The smallest absolute Gasteiger partial charge is 0.255 e. The molecule has 0 saturated heterocycles. The van der Waals surface area contributed by atoms with Crippen molar-refractivity contribution in [3.8, 4) is 0 Å². The standard InChI is InChI=1S/C13H16N4O/c1-17(9-3-6-14)13(18)10-4-2-5-11-12(10)16-8-7-15-11/h2,4-5,7-8H,3,6,9,14H2,1H3. The van der Waals surface area contributed by atoms with Gasteiger partial charge >= 0.3 is 0 Å². The zero-order valence-corrected chi connectivity index (χ0v) is 10.3. The minimum atomic E-state index is -0.0467. The Labute approximate surface area is 106 Å². The van der Waals surface area contributed by atoms with E-state index in [2.05, 4.69) is 9.97 Å². The third-order valence-electron chi connectivity index (χ3n) is 2.77. The zero-order chi connectivity index (χ0) is 13.0. The maximum absolute atomic E-state index is 12.3. The number of carbonyl (C=O) groups is 1. The SMILES string of the molecule is CN(CCCN)C(=O)c1cccc2nccnc12. The summed E-state index contributed by atoms with van der Waals surface area (Å²) in [7, 11) is 1.77. The van der Waals surface area contributed by atoms with Crippen LogP contribution < -0.4 is 5.73 Å². The zero-order valence-electron chi connectivity index (χ0n) is 10.3. The van der Waals surface area contributed by atoms with Gasteiger partial charge in [-0.15, -0.1) is 0 Å². The van der Waals surface area contributed by atoms with Gasteiger partial charge in [0.2, 0.25) is 0 Å². The molecule has 94 valence electrons. The number of hydrogen-bond donors (Lipinski definition) is 1. The van der Waals surface area contributed by atoms with Gasteiger partial charge in [0.1, 0.15) is 5.52 Å². The summed E-state index contributed by atoms with van der Waals surface area (Å²) in [5.41, 5.74) is 7.40. The van der Waals surface area contributed by atoms with E-state index in [0.717, 1.165) is 11.9 Å². The van der Waals surface area contributed by atoms with Crippen LogP contribution in [0.3, 0.4) is 0 Å². The number of amides is 1. The molecule has 0 aliphatic heterocycles. The Morgan fingerprint density at radius 3 is 2.89 bits per heavy atom. The molecule has 5 heteroatoms. The lowest BCUT2D eigenvalue weighted by atomic mass is 10.1. The Hall–Kier alpha value is -2.01. The van der Waals surface area contributed by atoms with Gasteiger partial charge in [-0.05, 0) is 25.1 Å². The lowest BCUT2D eigenvalue weighted by Crippen LogP contribution is -2.29. The van der Waals surface area contributed by atoms with Crippen molar-refractivity contribution in [3.05, 3.63) is 36.2 Å². The first kappa shape index (κ1) is 12.4. The van der Waals surface area contributed by atoms with E-state index in [0.29, 0.717) is 24.2 Å². The lowest BCUT2D eigenvalue weighted by molar-refractivity contribution is 0.0796. The first-order valence-electron chi connectivity index (χ1n) is 5.89. The van der Waals surface area contributed by atoms with Gasteiger partial charge in [0.15, 0.2) is 0 Å². The van der Waals surface area contributed by atoms with Gasteiger partial charge in [0.25, 0.3) is 5.91 Å². The number of carbonyl (C=O) groups excluding carboxylic acids is 1. The number of benzene rings is 1. The number of hydrogen-bond acceptors (Lipinski definition) is 4. The molecule has 2 rings (SSSR count). The molecule has 0 radical (unpaired) electrons. The summed E-state index contributed by atoms with van der Waals surface area (Å²) in [5, 5.41) is 0. The summed E-state index contributed by atoms with van der Waals surface area (Å²) in [6.07, 6.45) is 4.01. The number of rotatable bonds is 4. The van der Waals surface area contributed by atoms with Crippen molar-refractivity contribution < 1.29 is 4.79 Å². The van der Waals surface area contributed by atoms with Crippen LogP contribution >= 0.6 is 0 Å². The van der Waals surface area contributed by atoms with E-state index in [9.17, 15) is 4.79 Å². The molecule has 0 fully saturated rings. The predicted octanol–water partition coefficient (Wildman–Crippen LogP) is 1.05. The molecular formula is C13H16N4O. The number of nitrogens with two attached hydrogens (primary N) is 1. The van der Waals surface area contributed by atoms with E-state index in [1.54, 1.807) is 30.4 Å². The van der Waals surface area contributed by atoms with Crippen molar-refractivity contribution in [1.82, 2.24) is 14.9 Å². The molecule has 0 aliphatic carbocycles. The molecule has 1 amide bonds. The fourth-order valence-corrected chi connectivity index (χ4v) is 1.80. The fraction of sp³-hybridized carbons (Fsp3) is 0.308. The van der Waals surface area contributed by atoms with Crippen molar-refractivity contribution in [2.45, 2.75) is 6.42 Å². The second kappa shape index (κ2) is 5.55. The molecule has 0 atom stereocenters. The van der Waals surface area contributed by atoms with E-state index < -0.39 is 0 Å². The highest BCUT2D eigenvalue weighted by molar-refractivity contribution is 6.04. The Balaban J connectivity index is 2.33. The van der Waals surface area contributed by atoms with Crippen LogP contribution in [0.4, 0.5) is 0 Å². The summed E-state index contributed by atoms with van der Waals surface area (Å²) in [5.74, 6) is -0.0467. The molecule has 1 aromatic heterocycles. The van der Waals surface area contributed by atoms with E-state index in [1.807, 2.05) is 12.1 Å². The molecule has 0 bridgehead atoms. The quantitative estimate of drug-likeness (QED) is 0.872. The van der Waals surface area contributed by atoms with Gasteiger partial charge in [-0.3, -0.25) is 14.8 Å². The van der Waals surface area contributed by atoms with E-state index >= 15 is 0 Å². The molecule has 0 saturated carbocycles. The van der Waals surface area contributed by atoms with Gasteiger partial charge in [-0.2, -0.15) is 0 Å². The summed E-state index contributed by atoms with van der Waals surface area (Å²) in [4.78, 5) is 22.4. The molecule has 2 N–H and O–H groups in total. The van der Waals surface area contributed by atoms with Crippen LogP contribution in [0.5, 0.6) is 0 Å². The minimum Gasteiger partial charge on any atom is -0.342 e. The van der Waals surface area contributed by atoms with Crippen molar-refractivity contribution in [2.24, 2.45) is 5.73 Å². The Morgan fingerprint density at radius 2 is 2.11 bits per heavy atom. The van der Waals surface area contributed by atoms with Crippen molar-refractivity contribution >= 4 is 16.9 Å². The third-order valence-corrected chi connectivity index (χ3v) is 2.77. The number of aromatic nitrogens is 2. The maximum Gasteiger partial charge on any atom is 0.255 e. The Morgan fingerprint density at radius 1 is 1.33 bits per heavy atom. The Bertz CT molecular complexity index is 550. The van der Waals surface area contributed by atoms with Crippen LogP contribution in [0.25, 0.3) is 11.0 Å². The molecule has 1 heterocycles. The second-order valence-corrected chi connectivity index (χ2v) is 4.10. The van der Waals surface area contributed by atoms with Crippen LogP contribution in [0.15, 0.2) is 30.6 Å². The van der Waals surface area contributed by atoms with E-state index in [4.69, 9.17) is 5.73 Å². The first-order chi connectivity index (χ1) is 8.74. The normalized spacial score (nSPS) is 10.6. The van der Waals surface area contributed by atoms with Gasteiger partial charge < -0.3 is 10.6 Å². The second-order valence-electron chi connectivity index (χ2n) is 4.10. The number of nitrogens with zero attached hydrogens (tertiary/aromatic N) is 3. The topological polar surface area (TPSA) is 72.1 Å². The highest BCUT2D eigenvalue weighted by atomic mass is 16.2. The van der Waals surface area contributed by atoms with E-state index in [1.165, 1.54) is 0 Å². The van der Waals surface area contributed by atoms with Crippen molar-refractivity contribution in [3.63, 3.8) is 0 Å². The van der Waals surface area contributed by atoms with Crippen LogP contribution in [0.1, 0.15) is 16.8 Å². The van der Waals surface area contributed by atoms with Crippen LogP contribution in [0.2, 0.25) is 0 Å². The van der Waals surface area contributed by atoms with Gasteiger partial charge in [0, 0.05) is 26.0 Å². The van der Waals surface area contributed by atoms with Crippen LogP contribution in [-0.2, 0) is 0 Å². The van der Waals surface area contributed by atoms with Crippen LogP contribution in [-0.4, -0.2) is 40.9 Å². The summed E-state index contributed by atoms with van der Waals surface area (Å²) >= 11 is 0. The largest absolute Gasteiger partial charge is 0.342 e.